The second-order valence-electron chi connectivity index (χ2n) is 8.45. The van der Waals surface area contributed by atoms with Gasteiger partial charge in [-0.15, -0.1) is 10.2 Å². The Balaban J connectivity index is 1.09. The van der Waals surface area contributed by atoms with Crippen molar-refractivity contribution in [1.82, 2.24) is 20.1 Å². The maximum atomic E-state index is 12.9. The number of piperazine rings is 1. The lowest BCUT2D eigenvalue weighted by molar-refractivity contribution is -0.113. The third kappa shape index (κ3) is 5.94. The fourth-order valence-electron chi connectivity index (χ4n) is 4.10. The number of hydrogen-bond donors (Lipinski definition) is 1. The summed E-state index contributed by atoms with van der Waals surface area (Å²) in [6, 6.07) is 20.4. The Hall–Kier alpha value is -4.38. The van der Waals surface area contributed by atoms with Gasteiger partial charge < -0.3 is 24.3 Å². The van der Waals surface area contributed by atoms with Crippen LogP contribution in [0, 0.1) is 0 Å². The molecule has 0 bridgehead atoms. The van der Waals surface area contributed by atoms with Crippen LogP contribution in [0.5, 0.6) is 5.75 Å². The first kappa shape index (κ1) is 25.3. The molecule has 2 aromatic carbocycles. The van der Waals surface area contributed by atoms with E-state index in [0.717, 1.165) is 17.4 Å². The highest BCUT2D eigenvalue weighted by Crippen LogP contribution is 2.24. The molecular weight excluding hydrogens is 504 g/mol. The first-order valence-corrected chi connectivity index (χ1v) is 13.0. The molecule has 38 heavy (non-hydrogen) atoms. The van der Waals surface area contributed by atoms with Crippen molar-refractivity contribution in [2.24, 2.45) is 0 Å². The minimum Gasteiger partial charge on any atom is -0.496 e. The average Bonchev–Trinajstić information content (AvgIpc) is 3.46. The van der Waals surface area contributed by atoms with E-state index in [2.05, 4.69) is 25.4 Å². The van der Waals surface area contributed by atoms with Gasteiger partial charge in [0.05, 0.1) is 18.4 Å². The molecule has 1 N–H and O–H groups in total. The van der Waals surface area contributed by atoms with Crippen molar-refractivity contribution in [2.75, 3.05) is 49.3 Å². The van der Waals surface area contributed by atoms with E-state index in [-0.39, 0.29) is 17.6 Å². The van der Waals surface area contributed by atoms with Gasteiger partial charge in [0.25, 0.3) is 17.0 Å². The lowest BCUT2D eigenvalue weighted by atomic mass is 10.1. The fraction of sp³-hybridized carbons (Fsp3) is 0.222. The van der Waals surface area contributed by atoms with Crippen LogP contribution in [-0.2, 0) is 4.79 Å². The largest absolute Gasteiger partial charge is 0.496 e. The van der Waals surface area contributed by atoms with E-state index in [1.54, 1.807) is 37.6 Å². The number of benzene rings is 2. The van der Waals surface area contributed by atoms with Crippen molar-refractivity contribution in [2.45, 2.75) is 5.22 Å². The second-order valence-corrected chi connectivity index (χ2v) is 9.38. The fourth-order valence-corrected chi connectivity index (χ4v) is 4.66. The maximum absolute atomic E-state index is 12.9. The van der Waals surface area contributed by atoms with Crippen LogP contribution in [-0.4, -0.2) is 70.9 Å². The van der Waals surface area contributed by atoms with Crippen molar-refractivity contribution in [1.29, 1.82) is 0 Å². The van der Waals surface area contributed by atoms with Crippen LogP contribution in [0.3, 0.4) is 0 Å². The summed E-state index contributed by atoms with van der Waals surface area (Å²) >= 11 is 1.16. The Kier molecular flexibility index (Phi) is 7.84. The van der Waals surface area contributed by atoms with E-state index in [0.29, 0.717) is 60.0 Å². The van der Waals surface area contributed by atoms with Gasteiger partial charge >= 0.3 is 0 Å². The minimum absolute atomic E-state index is 0.0217. The van der Waals surface area contributed by atoms with Crippen LogP contribution in [0.15, 0.2) is 82.6 Å². The molecule has 2 amide bonds. The lowest BCUT2D eigenvalue weighted by Crippen LogP contribution is -2.48. The number of rotatable bonds is 8. The Morgan fingerprint density at radius 2 is 1.74 bits per heavy atom. The summed E-state index contributed by atoms with van der Waals surface area (Å²) in [5.74, 6) is 0.833. The highest BCUT2D eigenvalue weighted by atomic mass is 32.2. The van der Waals surface area contributed by atoms with Crippen LogP contribution < -0.4 is 15.0 Å². The minimum atomic E-state index is -0.177. The smallest absolute Gasteiger partial charge is 0.277 e. The van der Waals surface area contributed by atoms with Gasteiger partial charge in [-0.05, 0) is 48.5 Å². The lowest BCUT2D eigenvalue weighted by Gasteiger charge is -2.36. The number of hydrogen-bond acceptors (Lipinski definition) is 9. The van der Waals surface area contributed by atoms with E-state index < -0.39 is 0 Å². The van der Waals surface area contributed by atoms with Gasteiger partial charge in [-0.3, -0.25) is 14.6 Å². The molecule has 0 atom stereocenters. The molecule has 0 radical (unpaired) electrons. The number of thioether (sulfide) groups is 1. The number of ether oxygens (including phenoxy) is 1. The molecule has 10 nitrogen and oxygen atoms in total. The number of aromatic nitrogens is 3. The van der Waals surface area contributed by atoms with Crippen LogP contribution in [0.4, 0.5) is 11.4 Å². The Morgan fingerprint density at radius 1 is 0.974 bits per heavy atom. The molecule has 1 aliphatic rings. The maximum Gasteiger partial charge on any atom is 0.277 e. The number of carbonyl (C=O) groups is 2. The van der Waals surface area contributed by atoms with E-state index in [1.807, 2.05) is 47.4 Å². The summed E-state index contributed by atoms with van der Waals surface area (Å²) in [6.07, 6.45) is 1.65. The number of para-hydroxylation sites is 1. The summed E-state index contributed by atoms with van der Waals surface area (Å²) in [5, 5.41) is 11.1. The number of nitrogens with one attached hydrogen (secondary N) is 1. The molecule has 11 heteroatoms. The molecule has 194 valence electrons. The molecule has 0 spiro atoms. The van der Waals surface area contributed by atoms with E-state index in [9.17, 15) is 9.59 Å². The average molecular weight is 531 g/mol. The zero-order valence-electron chi connectivity index (χ0n) is 20.7. The van der Waals surface area contributed by atoms with Gasteiger partial charge in [-0.2, -0.15) is 0 Å². The van der Waals surface area contributed by atoms with Gasteiger partial charge in [0, 0.05) is 43.8 Å². The van der Waals surface area contributed by atoms with Gasteiger partial charge in [-0.1, -0.05) is 30.0 Å². The molecule has 5 rings (SSSR count). The number of anilines is 2. The molecular formula is C27H26N6O4S. The molecule has 0 saturated carbocycles. The number of amides is 2. The van der Waals surface area contributed by atoms with Gasteiger partial charge in [-0.25, -0.2) is 0 Å². The van der Waals surface area contributed by atoms with E-state index in [1.165, 1.54) is 0 Å². The zero-order chi connectivity index (χ0) is 26.3. The van der Waals surface area contributed by atoms with Crippen LogP contribution in [0.25, 0.3) is 11.6 Å². The van der Waals surface area contributed by atoms with Gasteiger partial charge in [0.15, 0.2) is 0 Å². The topological polar surface area (TPSA) is 114 Å². The molecule has 3 heterocycles. The zero-order valence-corrected chi connectivity index (χ0v) is 21.6. The number of carbonyl (C=O) groups excluding carboxylic acids is 2. The SMILES string of the molecule is COc1ccccc1C(=O)N1CCN(c2ccc(NC(=O)CSc3nnc(-c4ccccn4)o3)cc2)CC1. The monoisotopic (exact) mass is 530 g/mol. The number of nitrogens with zero attached hydrogens (tertiary/aromatic N) is 5. The van der Waals surface area contributed by atoms with Gasteiger partial charge in [0.2, 0.25) is 5.91 Å². The Labute approximate surface area is 224 Å². The summed E-state index contributed by atoms with van der Waals surface area (Å²) in [4.78, 5) is 33.6. The summed E-state index contributed by atoms with van der Waals surface area (Å²) in [5.41, 5.74) is 2.90. The first-order chi connectivity index (χ1) is 18.6. The molecule has 4 aromatic rings. The van der Waals surface area contributed by atoms with Crippen LogP contribution >= 0.6 is 11.8 Å². The third-order valence-electron chi connectivity index (χ3n) is 6.04. The van der Waals surface area contributed by atoms with Crippen LogP contribution in [0.1, 0.15) is 10.4 Å². The highest BCUT2D eigenvalue weighted by Gasteiger charge is 2.24. The molecule has 1 fully saturated rings. The molecule has 1 aliphatic heterocycles. The summed E-state index contributed by atoms with van der Waals surface area (Å²) in [7, 11) is 1.57. The molecule has 2 aromatic heterocycles. The number of pyridine rings is 1. The van der Waals surface area contributed by atoms with Crippen molar-refractivity contribution >= 4 is 35.0 Å². The predicted molar refractivity (Wildman–Crippen MR) is 144 cm³/mol. The van der Waals surface area contributed by atoms with E-state index in [4.69, 9.17) is 9.15 Å². The molecule has 1 saturated heterocycles. The summed E-state index contributed by atoms with van der Waals surface area (Å²) < 4.78 is 10.9. The second kappa shape index (κ2) is 11.8. The normalized spacial score (nSPS) is 13.3. The Bertz CT molecular complexity index is 1390. The van der Waals surface area contributed by atoms with Crippen molar-refractivity contribution < 1.29 is 18.7 Å². The predicted octanol–water partition coefficient (Wildman–Crippen LogP) is 3.83. The summed E-state index contributed by atoms with van der Waals surface area (Å²) in [6.45, 7) is 2.66. The van der Waals surface area contributed by atoms with E-state index >= 15 is 0 Å². The van der Waals surface area contributed by atoms with Crippen molar-refractivity contribution in [3.8, 4) is 17.3 Å². The standard InChI is InChI=1S/C27H26N6O4S/c1-36-23-8-3-2-6-21(23)26(35)33-16-14-32(15-17-33)20-11-9-19(10-12-20)29-24(34)18-38-27-31-30-25(37-27)22-7-4-5-13-28-22/h2-13H,14-18H2,1H3,(H,29,34). The Morgan fingerprint density at radius 3 is 2.47 bits per heavy atom. The van der Waals surface area contributed by atoms with Crippen molar-refractivity contribution in [3.63, 3.8) is 0 Å². The molecule has 0 unspecified atom stereocenters. The van der Waals surface area contributed by atoms with Crippen molar-refractivity contribution in [3.05, 3.63) is 78.5 Å². The molecule has 0 aliphatic carbocycles. The third-order valence-corrected chi connectivity index (χ3v) is 6.86. The van der Waals surface area contributed by atoms with Crippen LogP contribution in [0.2, 0.25) is 0 Å². The van der Waals surface area contributed by atoms with Gasteiger partial charge in [0.1, 0.15) is 11.4 Å². The number of methoxy groups -OCH3 is 1. The first-order valence-electron chi connectivity index (χ1n) is 12.1. The highest BCUT2D eigenvalue weighted by molar-refractivity contribution is 7.99. The quantitative estimate of drug-likeness (QED) is 0.340.